The summed E-state index contributed by atoms with van der Waals surface area (Å²) >= 11 is 0. The highest BCUT2D eigenvalue weighted by Crippen LogP contribution is 2.28. The van der Waals surface area contributed by atoms with Crippen LogP contribution in [0, 0.1) is 11.3 Å². The maximum Gasteiger partial charge on any atom is 0.240 e. The van der Waals surface area contributed by atoms with Crippen molar-refractivity contribution < 1.29 is 13.2 Å². The van der Waals surface area contributed by atoms with E-state index in [2.05, 4.69) is 30.8 Å². The minimum absolute atomic E-state index is 0.0971. The van der Waals surface area contributed by atoms with Crippen molar-refractivity contribution in [2.45, 2.75) is 36.3 Å². The molecule has 0 radical (unpaired) electrons. The van der Waals surface area contributed by atoms with E-state index in [0.717, 1.165) is 35.1 Å². The molecule has 1 aliphatic heterocycles. The highest BCUT2D eigenvalue weighted by Gasteiger charge is 2.23. The normalized spacial score (nSPS) is 17.1. The molecule has 1 aliphatic rings. The number of H-pyrrole nitrogens is 1. The molecule has 1 saturated heterocycles. The monoisotopic (exact) mass is 477 g/mol. The van der Waals surface area contributed by atoms with Crippen LogP contribution < -0.4 is 4.72 Å². The lowest BCUT2D eigenvalue weighted by Gasteiger charge is -2.17. The number of fused-ring (bicyclic) bond motifs is 1. The number of nitriles is 1. The van der Waals surface area contributed by atoms with E-state index in [1.807, 2.05) is 12.3 Å². The minimum Gasteiger partial charge on any atom is -0.377 e. The summed E-state index contributed by atoms with van der Waals surface area (Å²) in [5, 5.41) is 14.8. The zero-order chi connectivity index (χ0) is 23.5. The molecule has 3 aromatic heterocycles. The standard InChI is InChI=1S/C23H23N7O3S/c24-8-6-21(30-14-17(12-28-30)22-20-7-9-25-23(20)27-15-26-22)16-3-1-5-19(11-16)34(31,32)29-13-18-4-2-10-33-18/h1,3,5,7,9,11-12,14-15,18,21,29H,2,4,6,10,13H2,(H,25,26,27). The van der Waals surface area contributed by atoms with Gasteiger partial charge in [-0.05, 0) is 36.6 Å². The summed E-state index contributed by atoms with van der Waals surface area (Å²) in [6, 6.07) is 10.2. The molecule has 2 atom stereocenters. The average molecular weight is 478 g/mol. The number of hydrogen-bond acceptors (Lipinski definition) is 7. The van der Waals surface area contributed by atoms with Gasteiger partial charge >= 0.3 is 0 Å². The van der Waals surface area contributed by atoms with Crippen molar-refractivity contribution in [1.82, 2.24) is 29.5 Å². The molecule has 0 spiro atoms. The SMILES string of the molecule is N#CCC(c1cccc(S(=O)(=O)NCC2CCCO2)c1)n1cc(-c2ncnc3[nH]ccc23)cn1. The summed E-state index contributed by atoms with van der Waals surface area (Å²) in [7, 11) is -3.72. The van der Waals surface area contributed by atoms with Gasteiger partial charge in [-0.1, -0.05) is 12.1 Å². The molecule has 174 valence electrons. The molecule has 4 aromatic rings. The fraction of sp³-hybridized carbons (Fsp3) is 0.304. The maximum absolute atomic E-state index is 12.9. The van der Waals surface area contributed by atoms with E-state index in [9.17, 15) is 13.7 Å². The lowest BCUT2D eigenvalue weighted by atomic mass is 10.0. The van der Waals surface area contributed by atoms with Crippen LogP contribution in [0.3, 0.4) is 0 Å². The fourth-order valence-corrected chi connectivity index (χ4v) is 5.28. The van der Waals surface area contributed by atoms with E-state index in [1.54, 1.807) is 41.3 Å². The summed E-state index contributed by atoms with van der Waals surface area (Å²) in [6.07, 6.45) is 8.58. The number of rotatable bonds is 8. The zero-order valence-electron chi connectivity index (χ0n) is 18.3. The maximum atomic E-state index is 12.9. The zero-order valence-corrected chi connectivity index (χ0v) is 19.1. The number of hydrogen-bond donors (Lipinski definition) is 2. The van der Waals surface area contributed by atoms with Crippen molar-refractivity contribution in [1.29, 1.82) is 5.26 Å². The minimum atomic E-state index is -3.72. The molecule has 4 heterocycles. The van der Waals surface area contributed by atoms with E-state index < -0.39 is 16.1 Å². The van der Waals surface area contributed by atoms with Gasteiger partial charge in [0.25, 0.3) is 0 Å². The Bertz CT molecular complexity index is 1450. The number of ether oxygens (including phenoxy) is 1. The Morgan fingerprint density at radius 1 is 1.32 bits per heavy atom. The van der Waals surface area contributed by atoms with E-state index in [4.69, 9.17) is 4.74 Å². The van der Waals surface area contributed by atoms with Gasteiger partial charge in [-0.3, -0.25) is 4.68 Å². The lowest BCUT2D eigenvalue weighted by molar-refractivity contribution is 0.114. The summed E-state index contributed by atoms with van der Waals surface area (Å²) < 4.78 is 35.6. The second kappa shape index (κ2) is 9.34. The first-order chi connectivity index (χ1) is 16.5. The van der Waals surface area contributed by atoms with Crippen LogP contribution in [0.2, 0.25) is 0 Å². The molecule has 2 N–H and O–H groups in total. The van der Waals surface area contributed by atoms with Gasteiger partial charge in [0.05, 0.1) is 41.4 Å². The van der Waals surface area contributed by atoms with Gasteiger partial charge in [-0.25, -0.2) is 23.1 Å². The van der Waals surface area contributed by atoms with Crippen molar-refractivity contribution in [2.24, 2.45) is 0 Å². The summed E-state index contributed by atoms with van der Waals surface area (Å²) in [5.41, 5.74) is 2.89. The molecule has 1 fully saturated rings. The van der Waals surface area contributed by atoms with Crippen LogP contribution in [0.4, 0.5) is 0 Å². The summed E-state index contributed by atoms with van der Waals surface area (Å²) in [4.78, 5) is 11.8. The van der Waals surface area contributed by atoms with E-state index in [0.29, 0.717) is 12.2 Å². The molecule has 1 aromatic carbocycles. The summed E-state index contributed by atoms with van der Waals surface area (Å²) in [6.45, 7) is 0.900. The first kappa shape index (κ1) is 22.2. The van der Waals surface area contributed by atoms with Crippen molar-refractivity contribution in [3.8, 4) is 17.3 Å². The Morgan fingerprint density at radius 3 is 3.06 bits per heavy atom. The molecule has 5 rings (SSSR count). The molecule has 11 heteroatoms. The smallest absolute Gasteiger partial charge is 0.240 e. The Balaban J connectivity index is 1.43. The van der Waals surface area contributed by atoms with Crippen molar-refractivity contribution in [3.63, 3.8) is 0 Å². The Hall–Kier alpha value is -3.59. The first-order valence-electron chi connectivity index (χ1n) is 11.0. The predicted octanol–water partition coefficient (Wildman–Crippen LogP) is 2.78. The average Bonchev–Trinajstić information content (AvgIpc) is 3.63. The molecule has 34 heavy (non-hydrogen) atoms. The molecule has 0 saturated carbocycles. The Morgan fingerprint density at radius 2 is 2.24 bits per heavy atom. The first-order valence-corrected chi connectivity index (χ1v) is 12.4. The number of nitrogens with one attached hydrogen (secondary N) is 2. The molecule has 2 unspecified atom stereocenters. The van der Waals surface area contributed by atoms with E-state index in [1.165, 1.54) is 6.33 Å². The quantitative estimate of drug-likeness (QED) is 0.398. The molecular weight excluding hydrogens is 454 g/mol. The van der Waals surface area contributed by atoms with Gasteiger partial charge < -0.3 is 9.72 Å². The number of aromatic amines is 1. The molecule has 0 amide bonds. The lowest BCUT2D eigenvalue weighted by Crippen LogP contribution is -2.31. The van der Waals surface area contributed by atoms with Crippen LogP contribution in [0.5, 0.6) is 0 Å². The van der Waals surface area contributed by atoms with Crippen LogP contribution >= 0.6 is 0 Å². The van der Waals surface area contributed by atoms with Crippen molar-refractivity contribution >= 4 is 21.1 Å². The fourth-order valence-electron chi connectivity index (χ4n) is 4.16. The van der Waals surface area contributed by atoms with E-state index in [-0.39, 0.29) is 24.0 Å². The van der Waals surface area contributed by atoms with Gasteiger partial charge in [0.1, 0.15) is 12.0 Å². The number of sulfonamides is 1. The summed E-state index contributed by atoms with van der Waals surface area (Å²) in [5.74, 6) is 0. The highest BCUT2D eigenvalue weighted by atomic mass is 32.2. The molecule has 10 nitrogen and oxygen atoms in total. The number of nitrogens with zero attached hydrogens (tertiary/aromatic N) is 5. The van der Waals surface area contributed by atoms with Gasteiger partial charge in [0, 0.05) is 36.5 Å². The van der Waals surface area contributed by atoms with Crippen molar-refractivity contribution in [3.05, 3.63) is 60.8 Å². The van der Waals surface area contributed by atoms with Crippen LogP contribution in [0.25, 0.3) is 22.3 Å². The van der Waals surface area contributed by atoms with Gasteiger partial charge in [-0.2, -0.15) is 10.4 Å². The third kappa shape index (κ3) is 4.43. The molecule has 0 aliphatic carbocycles. The van der Waals surface area contributed by atoms with Gasteiger partial charge in [0.2, 0.25) is 10.0 Å². The predicted molar refractivity (Wildman–Crippen MR) is 124 cm³/mol. The van der Waals surface area contributed by atoms with Crippen LogP contribution in [0.15, 0.2) is 60.1 Å². The number of aromatic nitrogens is 5. The van der Waals surface area contributed by atoms with Crippen LogP contribution in [0.1, 0.15) is 30.9 Å². The van der Waals surface area contributed by atoms with Crippen molar-refractivity contribution in [2.75, 3.05) is 13.2 Å². The highest BCUT2D eigenvalue weighted by molar-refractivity contribution is 7.89. The number of benzene rings is 1. The third-order valence-electron chi connectivity index (χ3n) is 5.91. The topological polar surface area (TPSA) is 139 Å². The molecular formula is C23H23N7O3S. The van der Waals surface area contributed by atoms with Crippen LogP contribution in [-0.4, -0.2) is 52.4 Å². The van der Waals surface area contributed by atoms with Gasteiger partial charge in [0.15, 0.2) is 0 Å². The molecule has 0 bridgehead atoms. The largest absolute Gasteiger partial charge is 0.377 e. The van der Waals surface area contributed by atoms with Gasteiger partial charge in [-0.15, -0.1) is 0 Å². The van der Waals surface area contributed by atoms with E-state index >= 15 is 0 Å². The second-order valence-corrected chi connectivity index (χ2v) is 9.88. The Kier molecular flexibility index (Phi) is 6.10. The second-order valence-electron chi connectivity index (χ2n) is 8.11. The third-order valence-corrected chi connectivity index (χ3v) is 7.33. The Labute approximate surface area is 196 Å². The van der Waals surface area contributed by atoms with Crippen LogP contribution in [-0.2, 0) is 14.8 Å².